The fourth-order valence-corrected chi connectivity index (χ4v) is 3.22. The van der Waals surface area contributed by atoms with E-state index in [9.17, 15) is 0 Å². The van der Waals surface area contributed by atoms with Gasteiger partial charge in [-0.15, -0.1) is 0 Å². The Morgan fingerprint density at radius 3 is 2.55 bits per heavy atom. The summed E-state index contributed by atoms with van der Waals surface area (Å²) in [5.74, 6) is 0. The fourth-order valence-electron chi connectivity index (χ4n) is 3.22. The summed E-state index contributed by atoms with van der Waals surface area (Å²) in [4.78, 5) is 4.44. The van der Waals surface area contributed by atoms with E-state index in [-0.39, 0.29) is 0 Å². The number of nitrogens with one attached hydrogen (secondary N) is 1. The first-order valence-corrected chi connectivity index (χ1v) is 7.99. The lowest BCUT2D eigenvalue weighted by Crippen LogP contribution is -2.29. The van der Waals surface area contributed by atoms with Crippen LogP contribution in [0.15, 0.2) is 36.5 Å². The van der Waals surface area contributed by atoms with Gasteiger partial charge in [-0.05, 0) is 30.5 Å². The van der Waals surface area contributed by atoms with E-state index in [2.05, 4.69) is 40.6 Å². The number of para-hydroxylation sites is 1. The summed E-state index contributed by atoms with van der Waals surface area (Å²) in [6, 6.07) is 11.3. The highest BCUT2D eigenvalue weighted by Crippen LogP contribution is 2.19. The first-order valence-electron chi connectivity index (χ1n) is 7.99. The molecular formula is C18H24N2. The Balaban J connectivity index is 1.67. The maximum Gasteiger partial charge on any atom is 0.0705 e. The van der Waals surface area contributed by atoms with E-state index in [1.165, 1.54) is 55.9 Å². The molecule has 2 aromatic rings. The summed E-state index contributed by atoms with van der Waals surface area (Å²) in [5.41, 5.74) is 2.47. The van der Waals surface area contributed by atoms with Gasteiger partial charge < -0.3 is 5.32 Å². The highest BCUT2D eigenvalue weighted by molar-refractivity contribution is 5.81. The van der Waals surface area contributed by atoms with E-state index in [4.69, 9.17) is 0 Å². The van der Waals surface area contributed by atoms with Gasteiger partial charge >= 0.3 is 0 Å². The monoisotopic (exact) mass is 268 g/mol. The van der Waals surface area contributed by atoms with E-state index >= 15 is 0 Å². The molecule has 0 radical (unpaired) electrons. The van der Waals surface area contributed by atoms with Gasteiger partial charge in [-0.1, -0.05) is 50.3 Å². The predicted octanol–water partition coefficient (Wildman–Crippen LogP) is 4.44. The van der Waals surface area contributed by atoms with Crippen LogP contribution in [-0.4, -0.2) is 11.0 Å². The number of fused-ring (bicyclic) bond motifs is 1. The van der Waals surface area contributed by atoms with Crippen LogP contribution in [0, 0.1) is 0 Å². The van der Waals surface area contributed by atoms with Crippen molar-refractivity contribution in [2.75, 3.05) is 0 Å². The van der Waals surface area contributed by atoms with Crippen molar-refractivity contribution >= 4 is 10.9 Å². The minimum absolute atomic E-state index is 0.697. The predicted molar refractivity (Wildman–Crippen MR) is 84.7 cm³/mol. The fraction of sp³-hybridized carbons (Fsp3) is 0.500. The summed E-state index contributed by atoms with van der Waals surface area (Å²) < 4.78 is 0. The molecule has 0 atom stereocenters. The lowest BCUT2D eigenvalue weighted by Gasteiger charge is -2.21. The minimum atomic E-state index is 0.697. The topological polar surface area (TPSA) is 24.9 Å². The van der Waals surface area contributed by atoms with Gasteiger partial charge in [0, 0.05) is 24.2 Å². The van der Waals surface area contributed by atoms with Crippen LogP contribution in [0.2, 0.25) is 0 Å². The van der Waals surface area contributed by atoms with Gasteiger partial charge in [0.1, 0.15) is 0 Å². The molecule has 20 heavy (non-hydrogen) atoms. The molecule has 106 valence electrons. The van der Waals surface area contributed by atoms with E-state index in [0.29, 0.717) is 6.04 Å². The van der Waals surface area contributed by atoms with Crippen LogP contribution in [0.3, 0.4) is 0 Å². The SMILES string of the molecule is c1ccc2c(CNC3CCCCCCC3)ccnc2c1. The van der Waals surface area contributed by atoms with E-state index < -0.39 is 0 Å². The third-order valence-electron chi connectivity index (χ3n) is 4.43. The van der Waals surface area contributed by atoms with Gasteiger partial charge in [-0.2, -0.15) is 0 Å². The Hall–Kier alpha value is -1.41. The lowest BCUT2D eigenvalue weighted by molar-refractivity contribution is 0.389. The average Bonchev–Trinajstić information content (AvgIpc) is 2.46. The second-order valence-corrected chi connectivity index (χ2v) is 5.91. The average molecular weight is 268 g/mol. The number of pyridine rings is 1. The van der Waals surface area contributed by atoms with Crippen LogP contribution in [0.5, 0.6) is 0 Å². The largest absolute Gasteiger partial charge is 0.310 e. The zero-order valence-electron chi connectivity index (χ0n) is 12.1. The van der Waals surface area contributed by atoms with Crippen LogP contribution < -0.4 is 5.32 Å². The number of hydrogen-bond donors (Lipinski definition) is 1. The van der Waals surface area contributed by atoms with Crippen LogP contribution in [-0.2, 0) is 6.54 Å². The number of nitrogens with zero attached hydrogens (tertiary/aromatic N) is 1. The van der Waals surface area contributed by atoms with Gasteiger partial charge in [0.2, 0.25) is 0 Å². The molecule has 1 aromatic heterocycles. The van der Waals surface area contributed by atoms with Crippen LogP contribution in [0.25, 0.3) is 10.9 Å². The molecule has 2 nitrogen and oxygen atoms in total. The third kappa shape index (κ3) is 3.37. The number of rotatable bonds is 3. The van der Waals surface area contributed by atoms with Crippen molar-refractivity contribution in [2.24, 2.45) is 0 Å². The van der Waals surface area contributed by atoms with Gasteiger partial charge in [-0.25, -0.2) is 0 Å². The van der Waals surface area contributed by atoms with Crippen molar-refractivity contribution in [3.63, 3.8) is 0 Å². The molecule has 1 fully saturated rings. The number of hydrogen-bond acceptors (Lipinski definition) is 2. The summed E-state index contributed by atoms with van der Waals surface area (Å²) in [5, 5.41) is 5.06. The van der Waals surface area contributed by atoms with Crippen molar-refractivity contribution < 1.29 is 0 Å². The smallest absolute Gasteiger partial charge is 0.0705 e. The zero-order valence-corrected chi connectivity index (χ0v) is 12.1. The summed E-state index contributed by atoms with van der Waals surface area (Å²) in [6.07, 6.45) is 11.6. The molecule has 0 saturated heterocycles. The van der Waals surface area contributed by atoms with Gasteiger partial charge in [0.15, 0.2) is 0 Å². The molecule has 0 unspecified atom stereocenters. The van der Waals surface area contributed by atoms with Crippen molar-refractivity contribution in [2.45, 2.75) is 57.5 Å². The van der Waals surface area contributed by atoms with Gasteiger partial charge in [0.25, 0.3) is 0 Å². The molecule has 1 aliphatic carbocycles. The third-order valence-corrected chi connectivity index (χ3v) is 4.43. The Morgan fingerprint density at radius 2 is 1.70 bits per heavy atom. The van der Waals surface area contributed by atoms with Crippen molar-refractivity contribution in [3.8, 4) is 0 Å². The molecule has 1 aromatic carbocycles. The van der Waals surface area contributed by atoms with Crippen molar-refractivity contribution in [1.82, 2.24) is 10.3 Å². The molecule has 0 amide bonds. The summed E-state index contributed by atoms with van der Waals surface area (Å²) >= 11 is 0. The highest BCUT2D eigenvalue weighted by atomic mass is 14.9. The molecule has 1 heterocycles. The Labute approximate surface area is 121 Å². The highest BCUT2D eigenvalue weighted by Gasteiger charge is 2.11. The first kappa shape index (κ1) is 13.6. The molecule has 2 heteroatoms. The number of benzene rings is 1. The molecule has 3 rings (SSSR count). The van der Waals surface area contributed by atoms with Crippen molar-refractivity contribution in [1.29, 1.82) is 0 Å². The summed E-state index contributed by atoms with van der Waals surface area (Å²) in [7, 11) is 0. The lowest BCUT2D eigenvalue weighted by atomic mass is 9.96. The van der Waals surface area contributed by atoms with Crippen LogP contribution >= 0.6 is 0 Å². The molecule has 1 N–H and O–H groups in total. The molecule has 0 bridgehead atoms. The van der Waals surface area contributed by atoms with E-state index in [1.807, 2.05) is 6.20 Å². The molecular weight excluding hydrogens is 244 g/mol. The summed E-state index contributed by atoms with van der Waals surface area (Å²) in [6.45, 7) is 0.966. The van der Waals surface area contributed by atoms with Crippen molar-refractivity contribution in [3.05, 3.63) is 42.1 Å². The Morgan fingerprint density at radius 1 is 0.950 bits per heavy atom. The van der Waals surface area contributed by atoms with E-state index in [1.54, 1.807) is 0 Å². The molecule has 0 spiro atoms. The quantitative estimate of drug-likeness (QED) is 0.890. The molecule has 1 saturated carbocycles. The van der Waals surface area contributed by atoms with Gasteiger partial charge in [-0.3, -0.25) is 4.98 Å². The van der Waals surface area contributed by atoms with Crippen LogP contribution in [0.4, 0.5) is 0 Å². The van der Waals surface area contributed by atoms with Crippen LogP contribution in [0.1, 0.15) is 50.5 Å². The van der Waals surface area contributed by atoms with Gasteiger partial charge in [0.05, 0.1) is 5.52 Å². The van der Waals surface area contributed by atoms with E-state index in [0.717, 1.165) is 12.1 Å². The Bertz CT molecular complexity index is 537. The number of aromatic nitrogens is 1. The second-order valence-electron chi connectivity index (χ2n) is 5.91. The standard InChI is InChI=1S/C18H24N2/c1-2-4-8-16(9-5-3-1)20-14-15-12-13-19-18-11-7-6-10-17(15)18/h6-7,10-13,16,20H,1-5,8-9,14H2. The second kappa shape index (κ2) is 6.85. The molecule has 1 aliphatic rings. The first-order chi connectivity index (χ1) is 9.93. The maximum atomic E-state index is 4.44. The Kier molecular flexibility index (Phi) is 4.65. The normalized spacial score (nSPS) is 17.8. The maximum absolute atomic E-state index is 4.44. The minimum Gasteiger partial charge on any atom is -0.310 e. The zero-order chi connectivity index (χ0) is 13.6. The molecule has 0 aliphatic heterocycles.